The quantitative estimate of drug-likeness (QED) is 0.794. The first-order chi connectivity index (χ1) is 10.3. The van der Waals surface area contributed by atoms with Gasteiger partial charge in [-0.15, -0.1) is 0 Å². The van der Waals surface area contributed by atoms with Crippen molar-refractivity contribution < 1.29 is 0 Å². The zero-order chi connectivity index (χ0) is 14.7. The molecule has 0 saturated carbocycles. The van der Waals surface area contributed by atoms with Crippen LogP contribution in [0.2, 0.25) is 0 Å². The number of likely N-dealkylation sites (N-methyl/N-ethyl adjacent to an activating group) is 1. The fourth-order valence-electron chi connectivity index (χ4n) is 2.64. The summed E-state index contributed by atoms with van der Waals surface area (Å²) in [4.78, 5) is 9.22. The molecule has 3 heteroatoms. The number of fused-ring (bicyclic) bond motifs is 1. The van der Waals surface area contributed by atoms with Crippen molar-refractivity contribution in [2.24, 2.45) is 0 Å². The van der Waals surface area contributed by atoms with Gasteiger partial charge in [0.1, 0.15) is 0 Å². The maximum absolute atomic E-state index is 4.81. The van der Waals surface area contributed by atoms with E-state index in [2.05, 4.69) is 47.6 Å². The second-order valence-electron chi connectivity index (χ2n) is 5.25. The molecule has 0 amide bonds. The standard InChI is InChI=1S/C18H19N3/c1-13-11-18(21-16-9-4-3-8-15(13)16)17(19-2)12-14-7-5-6-10-20-14/h3-11,17,19H,12H2,1-2H3. The molecule has 106 valence electrons. The second kappa shape index (κ2) is 6.02. The average molecular weight is 277 g/mol. The number of benzene rings is 1. The third-order valence-corrected chi connectivity index (χ3v) is 3.79. The number of rotatable bonds is 4. The Balaban J connectivity index is 1.97. The van der Waals surface area contributed by atoms with Crippen LogP contribution in [0.5, 0.6) is 0 Å². The van der Waals surface area contributed by atoms with Crippen LogP contribution < -0.4 is 5.32 Å². The van der Waals surface area contributed by atoms with Crippen molar-refractivity contribution >= 4 is 10.9 Å². The Labute approximate surface area is 125 Å². The smallest absolute Gasteiger partial charge is 0.0708 e. The minimum Gasteiger partial charge on any atom is -0.311 e. The van der Waals surface area contributed by atoms with E-state index in [0.717, 1.165) is 23.3 Å². The van der Waals surface area contributed by atoms with E-state index in [1.165, 1.54) is 10.9 Å². The first-order valence-corrected chi connectivity index (χ1v) is 7.21. The van der Waals surface area contributed by atoms with Gasteiger partial charge in [0, 0.05) is 23.7 Å². The molecule has 3 aromatic rings. The van der Waals surface area contributed by atoms with Crippen molar-refractivity contribution in [3.8, 4) is 0 Å². The summed E-state index contributed by atoms with van der Waals surface area (Å²) < 4.78 is 0. The predicted molar refractivity (Wildman–Crippen MR) is 86.2 cm³/mol. The molecule has 21 heavy (non-hydrogen) atoms. The molecule has 1 atom stereocenters. The Morgan fingerprint density at radius 2 is 1.90 bits per heavy atom. The van der Waals surface area contributed by atoms with Gasteiger partial charge in [-0.05, 0) is 43.8 Å². The van der Waals surface area contributed by atoms with E-state index in [1.807, 2.05) is 31.4 Å². The van der Waals surface area contributed by atoms with Crippen LogP contribution in [0.15, 0.2) is 54.7 Å². The van der Waals surface area contributed by atoms with Gasteiger partial charge in [0.05, 0.1) is 17.3 Å². The molecule has 3 nitrogen and oxygen atoms in total. The van der Waals surface area contributed by atoms with Gasteiger partial charge in [-0.1, -0.05) is 24.3 Å². The maximum atomic E-state index is 4.81. The summed E-state index contributed by atoms with van der Waals surface area (Å²) >= 11 is 0. The van der Waals surface area contributed by atoms with Crippen LogP contribution in [0.4, 0.5) is 0 Å². The molecule has 0 bridgehead atoms. The Morgan fingerprint density at radius 3 is 2.67 bits per heavy atom. The minimum absolute atomic E-state index is 0.170. The highest BCUT2D eigenvalue weighted by Gasteiger charge is 2.14. The number of hydrogen-bond acceptors (Lipinski definition) is 3. The van der Waals surface area contributed by atoms with Gasteiger partial charge in [-0.25, -0.2) is 0 Å². The van der Waals surface area contributed by atoms with Crippen LogP contribution in [0.3, 0.4) is 0 Å². The van der Waals surface area contributed by atoms with E-state index >= 15 is 0 Å². The lowest BCUT2D eigenvalue weighted by molar-refractivity contribution is 0.570. The van der Waals surface area contributed by atoms with Crippen molar-refractivity contribution in [2.75, 3.05) is 7.05 Å². The van der Waals surface area contributed by atoms with Crippen LogP contribution in [-0.4, -0.2) is 17.0 Å². The molecule has 0 radical (unpaired) electrons. The molecule has 2 aromatic heterocycles. The molecular weight excluding hydrogens is 258 g/mol. The lowest BCUT2D eigenvalue weighted by atomic mass is 10.0. The fourth-order valence-corrected chi connectivity index (χ4v) is 2.64. The zero-order valence-corrected chi connectivity index (χ0v) is 12.4. The minimum atomic E-state index is 0.170. The SMILES string of the molecule is CNC(Cc1ccccn1)c1cc(C)c2ccccc2n1. The third kappa shape index (κ3) is 2.93. The highest BCUT2D eigenvalue weighted by atomic mass is 14.9. The number of para-hydroxylation sites is 1. The molecule has 0 fully saturated rings. The molecule has 0 saturated heterocycles. The summed E-state index contributed by atoms with van der Waals surface area (Å²) in [6.07, 6.45) is 2.67. The molecule has 0 aliphatic rings. The van der Waals surface area contributed by atoms with Gasteiger partial charge < -0.3 is 5.32 Å². The number of nitrogens with zero attached hydrogens (tertiary/aromatic N) is 2. The predicted octanol–water partition coefficient (Wildman–Crippen LogP) is 3.44. The van der Waals surface area contributed by atoms with E-state index in [9.17, 15) is 0 Å². The van der Waals surface area contributed by atoms with Crippen molar-refractivity contribution in [1.29, 1.82) is 0 Å². The second-order valence-corrected chi connectivity index (χ2v) is 5.25. The summed E-state index contributed by atoms with van der Waals surface area (Å²) in [5.41, 5.74) is 4.45. The van der Waals surface area contributed by atoms with E-state index in [1.54, 1.807) is 0 Å². The highest BCUT2D eigenvalue weighted by Crippen LogP contribution is 2.22. The third-order valence-electron chi connectivity index (χ3n) is 3.79. The number of pyridine rings is 2. The Kier molecular flexibility index (Phi) is 3.93. The van der Waals surface area contributed by atoms with Crippen molar-refractivity contribution in [1.82, 2.24) is 15.3 Å². The van der Waals surface area contributed by atoms with Crippen molar-refractivity contribution in [3.63, 3.8) is 0 Å². The number of nitrogens with one attached hydrogen (secondary N) is 1. The van der Waals surface area contributed by atoms with Gasteiger partial charge in [0.2, 0.25) is 0 Å². The fraction of sp³-hybridized carbons (Fsp3) is 0.222. The summed E-state index contributed by atoms with van der Waals surface area (Å²) in [5, 5.41) is 4.57. The van der Waals surface area contributed by atoms with Gasteiger partial charge in [-0.3, -0.25) is 9.97 Å². The highest BCUT2D eigenvalue weighted by molar-refractivity contribution is 5.82. The lowest BCUT2D eigenvalue weighted by Crippen LogP contribution is -2.20. The van der Waals surface area contributed by atoms with Crippen LogP contribution in [0, 0.1) is 6.92 Å². The Bertz CT molecular complexity index is 738. The van der Waals surface area contributed by atoms with Gasteiger partial charge in [0.15, 0.2) is 0 Å². The monoisotopic (exact) mass is 277 g/mol. The number of aryl methyl sites for hydroxylation is 1. The number of hydrogen-bond donors (Lipinski definition) is 1. The van der Waals surface area contributed by atoms with Gasteiger partial charge in [0.25, 0.3) is 0 Å². The molecular formula is C18H19N3. The largest absolute Gasteiger partial charge is 0.311 e. The average Bonchev–Trinajstić information content (AvgIpc) is 2.53. The molecule has 1 N–H and O–H groups in total. The first-order valence-electron chi connectivity index (χ1n) is 7.21. The van der Waals surface area contributed by atoms with Crippen LogP contribution in [0.25, 0.3) is 10.9 Å². The van der Waals surface area contributed by atoms with E-state index in [0.29, 0.717) is 0 Å². The molecule has 1 aromatic carbocycles. The van der Waals surface area contributed by atoms with Gasteiger partial charge in [-0.2, -0.15) is 0 Å². The van der Waals surface area contributed by atoms with Crippen molar-refractivity contribution in [2.45, 2.75) is 19.4 Å². The first kappa shape index (κ1) is 13.7. The molecule has 0 aliphatic carbocycles. The van der Waals surface area contributed by atoms with Gasteiger partial charge >= 0.3 is 0 Å². The van der Waals surface area contributed by atoms with E-state index in [-0.39, 0.29) is 6.04 Å². The Hall–Kier alpha value is -2.26. The summed E-state index contributed by atoms with van der Waals surface area (Å²) in [5.74, 6) is 0. The topological polar surface area (TPSA) is 37.8 Å². The maximum Gasteiger partial charge on any atom is 0.0708 e. The van der Waals surface area contributed by atoms with Crippen LogP contribution in [-0.2, 0) is 6.42 Å². The lowest BCUT2D eigenvalue weighted by Gasteiger charge is -2.17. The molecule has 1 unspecified atom stereocenters. The van der Waals surface area contributed by atoms with E-state index in [4.69, 9.17) is 4.98 Å². The Morgan fingerprint density at radius 1 is 1.10 bits per heavy atom. The number of aromatic nitrogens is 2. The molecule has 0 spiro atoms. The molecule has 2 heterocycles. The molecule has 0 aliphatic heterocycles. The zero-order valence-electron chi connectivity index (χ0n) is 12.4. The van der Waals surface area contributed by atoms with Crippen molar-refractivity contribution in [3.05, 3.63) is 71.7 Å². The summed E-state index contributed by atoms with van der Waals surface area (Å²) in [6.45, 7) is 2.14. The molecule has 3 rings (SSSR count). The normalized spacial score (nSPS) is 12.5. The summed E-state index contributed by atoms with van der Waals surface area (Å²) in [6, 6.07) is 16.6. The van der Waals surface area contributed by atoms with Crippen LogP contribution >= 0.6 is 0 Å². The van der Waals surface area contributed by atoms with E-state index < -0.39 is 0 Å². The summed E-state index contributed by atoms with van der Waals surface area (Å²) in [7, 11) is 1.97. The van der Waals surface area contributed by atoms with Crippen LogP contribution in [0.1, 0.15) is 23.0 Å².